The van der Waals surface area contributed by atoms with Crippen LogP contribution in [0.1, 0.15) is 35.6 Å². The molecule has 1 aromatic heterocycles. The summed E-state index contributed by atoms with van der Waals surface area (Å²) in [7, 11) is 0. The van der Waals surface area contributed by atoms with Crippen LogP contribution in [-0.2, 0) is 4.79 Å². The number of aromatic nitrogens is 1. The Morgan fingerprint density at radius 1 is 0.968 bits per heavy atom. The lowest BCUT2D eigenvalue weighted by atomic mass is 9.88. The van der Waals surface area contributed by atoms with E-state index in [4.69, 9.17) is 9.52 Å². The number of rotatable bonds is 6. The first-order chi connectivity index (χ1) is 15.0. The highest BCUT2D eigenvalue weighted by Gasteiger charge is 2.14. The third-order valence-electron chi connectivity index (χ3n) is 5.10. The zero-order valence-corrected chi connectivity index (χ0v) is 17.0. The van der Waals surface area contributed by atoms with Crippen molar-refractivity contribution in [3.63, 3.8) is 0 Å². The summed E-state index contributed by atoms with van der Waals surface area (Å²) in [5.41, 5.74) is 7.19. The minimum atomic E-state index is -0.983. The number of fused-ring (bicyclic) bond motifs is 1. The molecule has 0 radical (unpaired) electrons. The smallest absolute Gasteiger partial charge is 0.417 e. The Bertz CT molecular complexity index is 1340. The number of carbonyl (C=O) groups is 1. The number of aromatic amines is 1. The van der Waals surface area contributed by atoms with E-state index in [1.165, 1.54) is 0 Å². The van der Waals surface area contributed by atoms with Gasteiger partial charge in [-0.3, -0.25) is 4.98 Å². The molecule has 2 N–H and O–H groups in total. The summed E-state index contributed by atoms with van der Waals surface area (Å²) < 4.78 is 5.29. The van der Waals surface area contributed by atoms with Crippen LogP contribution in [0.2, 0.25) is 0 Å². The molecule has 0 atom stereocenters. The quantitative estimate of drug-likeness (QED) is 0.320. The number of hydrogen-bond donors (Lipinski definition) is 2. The summed E-state index contributed by atoms with van der Waals surface area (Å²) in [6, 6.07) is 23.6. The summed E-state index contributed by atoms with van der Waals surface area (Å²) in [5.74, 6) is -1.46. The van der Waals surface area contributed by atoms with Gasteiger partial charge in [-0.25, -0.2) is 9.59 Å². The van der Waals surface area contributed by atoms with E-state index < -0.39 is 11.7 Å². The third-order valence-corrected chi connectivity index (χ3v) is 5.10. The van der Waals surface area contributed by atoms with Gasteiger partial charge in [-0.1, -0.05) is 67.6 Å². The Kier molecular flexibility index (Phi) is 5.67. The first-order valence-electron chi connectivity index (χ1n) is 9.98. The van der Waals surface area contributed by atoms with Crippen LogP contribution in [0.5, 0.6) is 0 Å². The molecule has 0 unspecified atom stereocenters. The van der Waals surface area contributed by atoms with Crippen molar-refractivity contribution >= 4 is 34.3 Å². The second-order valence-electron chi connectivity index (χ2n) is 7.09. The molecule has 5 heteroatoms. The number of carboxylic acids is 1. The molecule has 4 aromatic rings. The third kappa shape index (κ3) is 4.41. The minimum Gasteiger partial charge on any atom is -0.478 e. The Balaban J connectivity index is 1.91. The van der Waals surface area contributed by atoms with Gasteiger partial charge >= 0.3 is 11.7 Å². The molecule has 0 saturated carbocycles. The van der Waals surface area contributed by atoms with Crippen LogP contribution in [0.3, 0.4) is 0 Å². The number of benzene rings is 3. The number of H-pyrrole nitrogens is 1. The van der Waals surface area contributed by atoms with E-state index in [0.29, 0.717) is 11.1 Å². The molecule has 0 fully saturated rings. The summed E-state index contributed by atoms with van der Waals surface area (Å²) >= 11 is 0. The molecule has 4 rings (SSSR count). The molecule has 1 heterocycles. The number of carboxylic acid groups (broad SMARTS) is 1. The minimum absolute atomic E-state index is 0.481. The second kappa shape index (κ2) is 8.71. The maximum atomic E-state index is 11.6. The number of hydrogen-bond acceptors (Lipinski definition) is 3. The van der Waals surface area contributed by atoms with Crippen molar-refractivity contribution in [1.29, 1.82) is 0 Å². The van der Waals surface area contributed by atoms with Gasteiger partial charge in [-0.2, -0.15) is 0 Å². The fraction of sp³-hybridized carbons (Fsp3) is 0.0769. The number of oxazole rings is 1. The monoisotopic (exact) mass is 411 g/mol. The first kappa shape index (κ1) is 20.2. The van der Waals surface area contributed by atoms with Crippen molar-refractivity contribution in [2.75, 3.05) is 0 Å². The van der Waals surface area contributed by atoms with E-state index in [1.807, 2.05) is 60.7 Å². The highest BCUT2D eigenvalue weighted by Crippen LogP contribution is 2.35. The summed E-state index contributed by atoms with van der Waals surface area (Å²) in [6.07, 6.45) is 3.48. The van der Waals surface area contributed by atoms with Gasteiger partial charge in [-0.15, -0.1) is 0 Å². The molecule has 0 aliphatic heterocycles. The highest BCUT2D eigenvalue weighted by molar-refractivity contribution is 6.00. The normalized spacial score (nSPS) is 12.3. The van der Waals surface area contributed by atoms with Crippen LogP contribution in [0.25, 0.3) is 28.3 Å². The van der Waals surface area contributed by atoms with Crippen LogP contribution in [0.4, 0.5) is 0 Å². The number of nitrogens with one attached hydrogen (secondary N) is 1. The van der Waals surface area contributed by atoms with Crippen molar-refractivity contribution in [3.8, 4) is 0 Å². The summed E-state index contributed by atoms with van der Waals surface area (Å²) in [6.45, 7) is 2.11. The maximum Gasteiger partial charge on any atom is 0.417 e. The van der Waals surface area contributed by atoms with Gasteiger partial charge in [0.25, 0.3) is 0 Å². The van der Waals surface area contributed by atoms with Gasteiger partial charge < -0.3 is 9.52 Å². The second-order valence-corrected chi connectivity index (χ2v) is 7.09. The fourth-order valence-electron chi connectivity index (χ4n) is 3.71. The van der Waals surface area contributed by atoms with Crippen molar-refractivity contribution in [2.24, 2.45) is 0 Å². The van der Waals surface area contributed by atoms with E-state index in [-0.39, 0.29) is 0 Å². The molecule has 0 amide bonds. The van der Waals surface area contributed by atoms with Gasteiger partial charge in [0.2, 0.25) is 0 Å². The molecule has 31 heavy (non-hydrogen) atoms. The lowest BCUT2D eigenvalue weighted by molar-refractivity contribution is -0.131. The van der Waals surface area contributed by atoms with E-state index >= 15 is 0 Å². The van der Waals surface area contributed by atoms with E-state index in [2.05, 4.69) is 24.0 Å². The molecule has 0 aliphatic carbocycles. The molecule has 0 spiro atoms. The Labute approximate surface area is 179 Å². The molecule has 154 valence electrons. The maximum absolute atomic E-state index is 11.6. The van der Waals surface area contributed by atoms with Gasteiger partial charge in [0, 0.05) is 6.08 Å². The predicted molar refractivity (Wildman–Crippen MR) is 123 cm³/mol. The van der Waals surface area contributed by atoms with Crippen molar-refractivity contribution in [3.05, 3.63) is 112 Å². The molecule has 5 nitrogen and oxygen atoms in total. The predicted octanol–water partition coefficient (Wildman–Crippen LogP) is 5.59. The largest absolute Gasteiger partial charge is 0.478 e. The fourth-order valence-corrected chi connectivity index (χ4v) is 3.71. The lowest BCUT2D eigenvalue weighted by Crippen LogP contribution is -1.95. The van der Waals surface area contributed by atoms with Crippen LogP contribution < -0.4 is 5.76 Å². The van der Waals surface area contributed by atoms with Gasteiger partial charge in [0.1, 0.15) is 0 Å². The molecule has 0 saturated heterocycles. The lowest BCUT2D eigenvalue weighted by Gasteiger charge is -2.16. The van der Waals surface area contributed by atoms with Gasteiger partial charge in [0.15, 0.2) is 5.58 Å². The average molecular weight is 411 g/mol. The van der Waals surface area contributed by atoms with E-state index in [1.54, 1.807) is 6.08 Å². The van der Waals surface area contributed by atoms with Crippen LogP contribution in [-0.4, -0.2) is 16.1 Å². The standard InChI is InChI=1S/C26H21NO4/c1-2-21(18-6-4-3-5-7-18)25(19-11-8-17(9-12-19)10-15-24(28)29)20-13-14-22-23(16-20)31-26(30)27-22/h3-16H,2H2,1H3,(H,27,30)(H,28,29). The molecule has 0 bridgehead atoms. The number of aliphatic carboxylic acids is 1. The number of allylic oxidation sites excluding steroid dienone is 1. The van der Waals surface area contributed by atoms with Gasteiger partial charge in [-0.05, 0) is 58.0 Å². The average Bonchev–Trinajstić information content (AvgIpc) is 3.16. The Morgan fingerprint density at radius 3 is 2.35 bits per heavy atom. The molecular formula is C26H21NO4. The Hall–Kier alpha value is -4.12. The van der Waals surface area contributed by atoms with Crippen molar-refractivity contribution in [2.45, 2.75) is 13.3 Å². The molecule has 3 aromatic carbocycles. The SMILES string of the molecule is CCC(=C(c1ccc(C=CC(=O)O)cc1)c1ccc2[nH]c(=O)oc2c1)c1ccccc1. The van der Waals surface area contributed by atoms with Crippen molar-refractivity contribution < 1.29 is 14.3 Å². The zero-order valence-electron chi connectivity index (χ0n) is 17.0. The van der Waals surface area contributed by atoms with Crippen molar-refractivity contribution in [1.82, 2.24) is 4.98 Å². The van der Waals surface area contributed by atoms with E-state index in [0.717, 1.165) is 45.9 Å². The first-order valence-corrected chi connectivity index (χ1v) is 9.98. The molecular weight excluding hydrogens is 390 g/mol. The van der Waals surface area contributed by atoms with Gasteiger partial charge in [0.05, 0.1) is 5.52 Å². The van der Waals surface area contributed by atoms with E-state index in [9.17, 15) is 9.59 Å². The zero-order chi connectivity index (χ0) is 21.8. The highest BCUT2D eigenvalue weighted by atomic mass is 16.4. The van der Waals surface area contributed by atoms with Crippen LogP contribution in [0, 0.1) is 0 Å². The van der Waals surface area contributed by atoms with Crippen LogP contribution in [0.15, 0.2) is 88.1 Å². The summed E-state index contributed by atoms with van der Waals surface area (Å²) in [4.78, 5) is 25.1. The Morgan fingerprint density at radius 2 is 1.68 bits per heavy atom. The molecule has 0 aliphatic rings. The van der Waals surface area contributed by atoms with Crippen LogP contribution >= 0.6 is 0 Å². The summed E-state index contributed by atoms with van der Waals surface area (Å²) in [5, 5.41) is 8.86. The topological polar surface area (TPSA) is 83.3 Å².